The quantitative estimate of drug-likeness (QED) is 0.141. The standard InChI is InChI=1S/C12H22O11.C4H10O2S2/c13-1-4-6(16)8(18)9(19)11(21-4)23-12(3-15)10(20)7(17)5(2-14)22-12;5-3(1-7)4(6)2-8/h4-11,13-20H,1-3H2;3-8H,1-2H2/t4-,5-,6-,7-,8+,9-,10+,11-,12+;3-,4-/m11/s1. The van der Waals surface area contributed by atoms with Crippen molar-refractivity contribution in [1.29, 1.82) is 0 Å². The molecule has 0 spiro atoms. The van der Waals surface area contributed by atoms with Crippen LogP contribution in [0.4, 0.5) is 0 Å². The molecular formula is C16H32O13S2. The van der Waals surface area contributed by atoms with Crippen molar-refractivity contribution in [2.24, 2.45) is 0 Å². The van der Waals surface area contributed by atoms with Crippen LogP contribution in [0.3, 0.4) is 0 Å². The summed E-state index contributed by atoms with van der Waals surface area (Å²) in [5.74, 6) is -1.66. The van der Waals surface area contributed by atoms with E-state index in [2.05, 4.69) is 25.3 Å². The third-order valence-electron chi connectivity index (χ3n) is 4.89. The summed E-state index contributed by atoms with van der Waals surface area (Å²) in [6, 6.07) is 0. The van der Waals surface area contributed by atoms with Crippen LogP contribution in [-0.4, -0.2) is 149 Å². The average Bonchev–Trinajstić information content (AvgIpc) is 3.03. The topological polar surface area (TPSA) is 230 Å². The summed E-state index contributed by atoms with van der Waals surface area (Å²) in [4.78, 5) is 0. The summed E-state index contributed by atoms with van der Waals surface area (Å²) in [7, 11) is 0. The average molecular weight is 497 g/mol. The van der Waals surface area contributed by atoms with Crippen LogP contribution in [0.25, 0.3) is 0 Å². The Hall–Kier alpha value is 0.180. The van der Waals surface area contributed by atoms with E-state index < -0.39 is 86.8 Å². The zero-order valence-corrected chi connectivity index (χ0v) is 18.2. The molecule has 0 radical (unpaired) electrons. The van der Waals surface area contributed by atoms with Crippen LogP contribution in [0.2, 0.25) is 0 Å². The number of aliphatic hydroxyl groups excluding tert-OH is 10. The highest BCUT2D eigenvalue weighted by Crippen LogP contribution is 2.35. The molecule has 2 saturated heterocycles. The van der Waals surface area contributed by atoms with Crippen molar-refractivity contribution >= 4 is 25.3 Å². The molecule has 2 heterocycles. The van der Waals surface area contributed by atoms with E-state index in [4.69, 9.17) is 34.6 Å². The Balaban J connectivity index is 0.000000512. The van der Waals surface area contributed by atoms with E-state index >= 15 is 0 Å². The van der Waals surface area contributed by atoms with Crippen LogP contribution in [0, 0.1) is 0 Å². The number of hydrogen-bond acceptors (Lipinski definition) is 15. The molecule has 0 amide bonds. The van der Waals surface area contributed by atoms with Gasteiger partial charge in [-0.15, -0.1) is 0 Å². The van der Waals surface area contributed by atoms with E-state index in [1.165, 1.54) is 0 Å². The van der Waals surface area contributed by atoms with Crippen LogP contribution >= 0.6 is 25.3 Å². The normalized spacial score (nSPS) is 42.6. The fraction of sp³-hybridized carbons (Fsp3) is 1.00. The van der Waals surface area contributed by atoms with Gasteiger partial charge in [0.2, 0.25) is 5.79 Å². The molecule has 0 aliphatic carbocycles. The molecule has 10 N–H and O–H groups in total. The first-order valence-electron chi connectivity index (χ1n) is 9.35. The predicted molar refractivity (Wildman–Crippen MR) is 108 cm³/mol. The van der Waals surface area contributed by atoms with Gasteiger partial charge in [0.05, 0.1) is 25.4 Å². The van der Waals surface area contributed by atoms with Gasteiger partial charge in [-0.1, -0.05) is 0 Å². The van der Waals surface area contributed by atoms with Crippen molar-refractivity contribution < 1.29 is 65.3 Å². The van der Waals surface area contributed by atoms with Gasteiger partial charge in [0.15, 0.2) is 6.29 Å². The molecule has 15 heteroatoms. The molecular weight excluding hydrogens is 464 g/mol. The minimum Gasteiger partial charge on any atom is -0.394 e. The molecule has 0 saturated carbocycles. The van der Waals surface area contributed by atoms with Crippen molar-refractivity contribution in [2.75, 3.05) is 31.3 Å². The van der Waals surface area contributed by atoms with Gasteiger partial charge in [-0.25, -0.2) is 0 Å². The maximum Gasteiger partial charge on any atom is 0.224 e. The van der Waals surface area contributed by atoms with Crippen molar-refractivity contribution in [3.63, 3.8) is 0 Å². The number of rotatable bonds is 8. The Morgan fingerprint density at radius 3 is 1.68 bits per heavy atom. The molecule has 0 aromatic rings. The van der Waals surface area contributed by atoms with Crippen molar-refractivity contribution in [3.8, 4) is 0 Å². The zero-order chi connectivity index (χ0) is 23.9. The molecule has 2 aliphatic heterocycles. The third-order valence-corrected chi connectivity index (χ3v) is 5.64. The second-order valence-corrected chi connectivity index (χ2v) is 7.79. The lowest BCUT2D eigenvalue weighted by Gasteiger charge is -2.43. The molecule has 0 aromatic heterocycles. The largest absolute Gasteiger partial charge is 0.394 e. The van der Waals surface area contributed by atoms with Gasteiger partial charge in [-0.05, 0) is 0 Å². The number of ether oxygens (including phenoxy) is 3. The van der Waals surface area contributed by atoms with Gasteiger partial charge in [-0.2, -0.15) is 25.3 Å². The van der Waals surface area contributed by atoms with Gasteiger partial charge < -0.3 is 65.3 Å². The Morgan fingerprint density at radius 2 is 1.29 bits per heavy atom. The lowest BCUT2D eigenvalue weighted by molar-refractivity contribution is -0.383. The minimum atomic E-state index is -2.22. The molecule has 0 unspecified atom stereocenters. The van der Waals surface area contributed by atoms with Crippen LogP contribution < -0.4 is 0 Å². The van der Waals surface area contributed by atoms with Crippen LogP contribution in [-0.2, 0) is 14.2 Å². The number of aliphatic hydroxyl groups is 10. The Morgan fingerprint density at radius 1 is 0.774 bits per heavy atom. The highest BCUT2D eigenvalue weighted by Gasteiger charge is 2.58. The van der Waals surface area contributed by atoms with Crippen LogP contribution in [0.5, 0.6) is 0 Å². The monoisotopic (exact) mass is 496 g/mol. The summed E-state index contributed by atoms with van der Waals surface area (Å²) >= 11 is 7.53. The first kappa shape index (κ1) is 29.2. The maximum absolute atomic E-state index is 10.00. The van der Waals surface area contributed by atoms with Crippen molar-refractivity contribution in [2.45, 2.75) is 67.0 Å². The SMILES string of the molecule is OC[C@H]1O[C@@](CO)(O[C@H]2O[C@H](CO)[C@@H](O)[C@H](O)[C@H]2O)[C@@H](O)[C@@H]1O.O[C@H](CS)[C@H](O)CS. The smallest absolute Gasteiger partial charge is 0.224 e. The zero-order valence-electron chi connectivity index (χ0n) is 16.4. The molecule has 11 atom stereocenters. The molecule has 13 nitrogen and oxygen atoms in total. The third kappa shape index (κ3) is 6.84. The van der Waals surface area contributed by atoms with Gasteiger partial charge in [-0.3, -0.25) is 0 Å². The van der Waals surface area contributed by atoms with E-state index in [0.717, 1.165) is 0 Å². The second-order valence-electron chi connectivity index (χ2n) is 7.06. The summed E-state index contributed by atoms with van der Waals surface area (Å²) in [6.45, 7) is -2.32. The molecule has 0 aromatic carbocycles. The summed E-state index contributed by atoms with van der Waals surface area (Å²) in [5.41, 5.74) is 0. The van der Waals surface area contributed by atoms with Crippen molar-refractivity contribution in [3.05, 3.63) is 0 Å². The number of thiol groups is 2. The minimum absolute atomic E-state index is 0.279. The predicted octanol–water partition coefficient (Wildman–Crippen LogP) is -5.83. The Bertz CT molecular complexity index is 510. The van der Waals surface area contributed by atoms with Gasteiger partial charge in [0.25, 0.3) is 0 Å². The molecule has 2 fully saturated rings. The molecule has 0 bridgehead atoms. The van der Waals surface area contributed by atoms with Crippen LogP contribution in [0.15, 0.2) is 0 Å². The van der Waals surface area contributed by atoms with Crippen LogP contribution in [0.1, 0.15) is 0 Å². The van der Waals surface area contributed by atoms with E-state index in [1.54, 1.807) is 0 Å². The fourth-order valence-electron chi connectivity index (χ4n) is 2.87. The van der Waals surface area contributed by atoms with Gasteiger partial charge >= 0.3 is 0 Å². The number of hydrogen-bond donors (Lipinski definition) is 12. The molecule has 186 valence electrons. The van der Waals surface area contributed by atoms with E-state index in [1.807, 2.05) is 0 Å². The van der Waals surface area contributed by atoms with E-state index in [-0.39, 0.29) is 11.5 Å². The lowest BCUT2D eigenvalue weighted by Crippen LogP contribution is -2.62. The maximum atomic E-state index is 10.00. The second kappa shape index (κ2) is 13.2. The summed E-state index contributed by atoms with van der Waals surface area (Å²) < 4.78 is 15.4. The first-order valence-corrected chi connectivity index (χ1v) is 10.6. The van der Waals surface area contributed by atoms with E-state index in [9.17, 15) is 30.6 Å². The molecule has 2 aliphatic rings. The first-order chi connectivity index (χ1) is 14.5. The van der Waals surface area contributed by atoms with E-state index in [0.29, 0.717) is 0 Å². The molecule has 31 heavy (non-hydrogen) atoms. The van der Waals surface area contributed by atoms with Gasteiger partial charge in [0.1, 0.15) is 49.3 Å². The lowest BCUT2D eigenvalue weighted by atomic mass is 9.99. The Labute approximate surface area is 189 Å². The summed E-state index contributed by atoms with van der Waals surface area (Å²) in [6.07, 6.45) is -14.1. The molecule has 2 rings (SSSR count). The highest BCUT2D eigenvalue weighted by molar-refractivity contribution is 7.80. The van der Waals surface area contributed by atoms with Gasteiger partial charge in [0, 0.05) is 11.5 Å². The fourth-order valence-corrected chi connectivity index (χ4v) is 3.36. The Kier molecular flexibility index (Phi) is 12.4. The highest BCUT2D eigenvalue weighted by atomic mass is 32.1. The summed E-state index contributed by atoms with van der Waals surface area (Å²) in [5, 5.41) is 94.2. The van der Waals surface area contributed by atoms with Crippen molar-refractivity contribution in [1.82, 2.24) is 0 Å².